The fourth-order valence-corrected chi connectivity index (χ4v) is 2.96. The first kappa shape index (κ1) is 21.9. The fourth-order valence-electron chi connectivity index (χ4n) is 2.96. The smallest absolute Gasteiger partial charge is 0.350 e. The van der Waals surface area contributed by atoms with Crippen molar-refractivity contribution in [2.45, 2.75) is 33.2 Å². The van der Waals surface area contributed by atoms with Crippen LogP contribution in [0, 0.1) is 6.92 Å². The van der Waals surface area contributed by atoms with E-state index in [2.05, 4.69) is 5.32 Å². The molecule has 0 radical (unpaired) electrons. The SMILES string of the molecule is COC(=O)c1cc(C)cc(NC=C2C(=O)OC(C)(C)OC2=O)c1OCc1ccccc1. The van der Waals surface area contributed by atoms with Crippen LogP contribution in [0.1, 0.15) is 35.3 Å². The number of benzene rings is 2. The van der Waals surface area contributed by atoms with Gasteiger partial charge in [-0.1, -0.05) is 30.3 Å². The molecule has 0 aliphatic carbocycles. The molecule has 162 valence electrons. The molecule has 2 aromatic rings. The van der Waals surface area contributed by atoms with Gasteiger partial charge < -0.3 is 24.3 Å². The van der Waals surface area contributed by atoms with Crippen LogP contribution >= 0.6 is 0 Å². The van der Waals surface area contributed by atoms with Gasteiger partial charge in [-0.15, -0.1) is 0 Å². The van der Waals surface area contributed by atoms with Crippen molar-refractivity contribution in [2.75, 3.05) is 12.4 Å². The number of aryl methyl sites for hydroxylation is 1. The topological polar surface area (TPSA) is 100 Å². The van der Waals surface area contributed by atoms with E-state index >= 15 is 0 Å². The fraction of sp³-hybridized carbons (Fsp3) is 0.261. The van der Waals surface area contributed by atoms with E-state index in [9.17, 15) is 14.4 Å². The second kappa shape index (κ2) is 8.91. The van der Waals surface area contributed by atoms with Crippen molar-refractivity contribution in [3.05, 3.63) is 70.9 Å². The molecule has 1 saturated heterocycles. The lowest BCUT2D eigenvalue weighted by molar-refractivity contribution is -0.222. The number of hydrogen-bond acceptors (Lipinski definition) is 8. The number of rotatable bonds is 6. The Balaban J connectivity index is 1.94. The summed E-state index contributed by atoms with van der Waals surface area (Å²) in [4.78, 5) is 36.7. The number of anilines is 1. The average molecular weight is 425 g/mol. The zero-order valence-corrected chi connectivity index (χ0v) is 17.7. The summed E-state index contributed by atoms with van der Waals surface area (Å²) in [5.74, 6) is -3.34. The molecule has 8 nitrogen and oxygen atoms in total. The van der Waals surface area contributed by atoms with E-state index < -0.39 is 23.7 Å². The van der Waals surface area contributed by atoms with Gasteiger partial charge in [-0.2, -0.15) is 0 Å². The maximum Gasteiger partial charge on any atom is 0.350 e. The first-order chi connectivity index (χ1) is 14.7. The monoisotopic (exact) mass is 425 g/mol. The summed E-state index contributed by atoms with van der Waals surface area (Å²) in [5.41, 5.74) is 1.89. The third-order valence-corrected chi connectivity index (χ3v) is 4.35. The Morgan fingerprint density at radius 2 is 1.74 bits per heavy atom. The van der Waals surface area contributed by atoms with Crippen LogP contribution in [0.2, 0.25) is 0 Å². The molecule has 1 N–H and O–H groups in total. The van der Waals surface area contributed by atoms with Crippen LogP contribution in [0.25, 0.3) is 0 Å². The highest BCUT2D eigenvalue weighted by Gasteiger charge is 2.39. The molecule has 0 bridgehead atoms. The number of cyclic esters (lactones) is 2. The number of nitrogens with one attached hydrogen (secondary N) is 1. The second-order valence-electron chi connectivity index (χ2n) is 7.34. The van der Waals surface area contributed by atoms with Crippen LogP contribution in [-0.2, 0) is 30.4 Å². The van der Waals surface area contributed by atoms with E-state index in [4.69, 9.17) is 18.9 Å². The molecule has 8 heteroatoms. The van der Waals surface area contributed by atoms with Crippen molar-refractivity contribution in [1.29, 1.82) is 0 Å². The average Bonchev–Trinajstić information content (AvgIpc) is 2.71. The molecular formula is C23H23NO7. The summed E-state index contributed by atoms with van der Waals surface area (Å²) >= 11 is 0. The Labute approximate surface area is 179 Å². The Morgan fingerprint density at radius 3 is 2.35 bits per heavy atom. The van der Waals surface area contributed by atoms with Gasteiger partial charge in [0.2, 0.25) is 0 Å². The summed E-state index contributed by atoms with van der Waals surface area (Å²) in [5, 5.41) is 2.87. The molecule has 0 spiro atoms. The van der Waals surface area contributed by atoms with E-state index in [1.165, 1.54) is 27.2 Å². The summed E-state index contributed by atoms with van der Waals surface area (Å²) in [6, 6.07) is 12.8. The van der Waals surface area contributed by atoms with Gasteiger partial charge in [-0.05, 0) is 30.2 Å². The van der Waals surface area contributed by atoms with Crippen LogP contribution in [0.5, 0.6) is 5.75 Å². The van der Waals surface area contributed by atoms with Gasteiger partial charge in [0.05, 0.1) is 12.8 Å². The Kier molecular flexibility index (Phi) is 6.29. The molecule has 31 heavy (non-hydrogen) atoms. The van der Waals surface area contributed by atoms with E-state index in [-0.39, 0.29) is 23.5 Å². The minimum absolute atomic E-state index is 0.192. The summed E-state index contributed by atoms with van der Waals surface area (Å²) < 4.78 is 21.0. The number of methoxy groups -OCH3 is 1. The lowest BCUT2D eigenvalue weighted by Gasteiger charge is -2.29. The van der Waals surface area contributed by atoms with Crippen LogP contribution in [-0.4, -0.2) is 30.8 Å². The van der Waals surface area contributed by atoms with Crippen molar-refractivity contribution < 1.29 is 33.3 Å². The van der Waals surface area contributed by atoms with Crippen molar-refractivity contribution in [1.82, 2.24) is 0 Å². The molecule has 3 rings (SSSR count). The van der Waals surface area contributed by atoms with Crippen molar-refractivity contribution in [3.8, 4) is 5.75 Å². The summed E-state index contributed by atoms with van der Waals surface area (Å²) in [7, 11) is 1.27. The molecule has 1 aliphatic heterocycles. The molecule has 0 saturated carbocycles. The maximum atomic E-state index is 12.3. The van der Waals surface area contributed by atoms with Gasteiger partial charge in [0, 0.05) is 20.0 Å². The molecule has 0 aromatic heterocycles. The Bertz CT molecular complexity index is 1020. The van der Waals surface area contributed by atoms with Crippen LogP contribution in [0.4, 0.5) is 5.69 Å². The Hall–Kier alpha value is -3.81. The molecule has 1 aliphatic rings. The van der Waals surface area contributed by atoms with Gasteiger partial charge in [0.1, 0.15) is 12.2 Å². The third kappa shape index (κ3) is 5.22. The number of hydrogen-bond donors (Lipinski definition) is 1. The van der Waals surface area contributed by atoms with E-state index in [0.29, 0.717) is 5.69 Å². The minimum atomic E-state index is -1.34. The highest BCUT2D eigenvalue weighted by Crippen LogP contribution is 2.33. The van der Waals surface area contributed by atoms with Gasteiger partial charge in [-0.25, -0.2) is 14.4 Å². The molecule has 0 amide bonds. The predicted octanol–water partition coefficient (Wildman–Crippen LogP) is 3.49. The lowest BCUT2D eigenvalue weighted by atomic mass is 10.1. The van der Waals surface area contributed by atoms with Crippen LogP contribution in [0.3, 0.4) is 0 Å². The zero-order valence-electron chi connectivity index (χ0n) is 17.7. The zero-order chi connectivity index (χ0) is 22.6. The van der Waals surface area contributed by atoms with Crippen molar-refractivity contribution in [3.63, 3.8) is 0 Å². The molecule has 0 atom stereocenters. The lowest BCUT2D eigenvalue weighted by Crippen LogP contribution is -2.42. The normalized spacial score (nSPS) is 14.9. The number of carbonyl (C=O) groups excluding carboxylic acids is 3. The first-order valence-electron chi connectivity index (χ1n) is 9.53. The minimum Gasteiger partial charge on any atom is -0.486 e. The number of ether oxygens (including phenoxy) is 4. The van der Waals surface area contributed by atoms with E-state index in [1.807, 2.05) is 30.3 Å². The summed E-state index contributed by atoms with van der Waals surface area (Å²) in [6.07, 6.45) is 1.17. The van der Waals surface area contributed by atoms with Gasteiger partial charge in [0.15, 0.2) is 11.3 Å². The van der Waals surface area contributed by atoms with Crippen molar-refractivity contribution in [2.24, 2.45) is 0 Å². The third-order valence-electron chi connectivity index (χ3n) is 4.35. The standard InChI is InChI=1S/C23H23NO7/c1-14-10-16(20(25)28-4)19(29-13-15-8-6-5-7-9-15)18(11-14)24-12-17-21(26)30-23(2,3)31-22(17)27/h5-12,24H,13H2,1-4H3. The van der Waals surface area contributed by atoms with Crippen LogP contribution in [0.15, 0.2) is 54.2 Å². The van der Waals surface area contributed by atoms with E-state index in [0.717, 1.165) is 11.1 Å². The number of carbonyl (C=O) groups is 3. The van der Waals surface area contributed by atoms with Gasteiger partial charge in [0.25, 0.3) is 5.79 Å². The van der Waals surface area contributed by atoms with Crippen LogP contribution < -0.4 is 10.1 Å². The molecule has 1 heterocycles. The Morgan fingerprint density at radius 1 is 1.10 bits per heavy atom. The highest BCUT2D eigenvalue weighted by molar-refractivity contribution is 6.15. The quantitative estimate of drug-likeness (QED) is 0.427. The second-order valence-corrected chi connectivity index (χ2v) is 7.34. The van der Waals surface area contributed by atoms with Crippen molar-refractivity contribution >= 4 is 23.6 Å². The maximum absolute atomic E-state index is 12.3. The summed E-state index contributed by atoms with van der Waals surface area (Å²) in [6.45, 7) is 4.91. The number of esters is 3. The highest BCUT2D eigenvalue weighted by atomic mass is 16.7. The largest absolute Gasteiger partial charge is 0.486 e. The molecule has 2 aromatic carbocycles. The molecular weight excluding hydrogens is 402 g/mol. The predicted molar refractivity (Wildman–Crippen MR) is 111 cm³/mol. The molecule has 1 fully saturated rings. The van der Waals surface area contributed by atoms with Gasteiger partial charge in [-0.3, -0.25) is 0 Å². The van der Waals surface area contributed by atoms with E-state index in [1.54, 1.807) is 19.1 Å². The molecule has 0 unspecified atom stereocenters. The first-order valence-corrected chi connectivity index (χ1v) is 9.53. The van der Waals surface area contributed by atoms with Gasteiger partial charge >= 0.3 is 17.9 Å².